The fraction of sp³-hybridized carbons (Fsp3) is 0.500. The molecule has 0 N–H and O–H groups in total. The van der Waals surface area contributed by atoms with Crippen LogP contribution in [0.4, 0.5) is 0 Å². The zero-order valence-corrected chi connectivity index (χ0v) is 7.89. The molecule has 13 heavy (non-hydrogen) atoms. The Morgan fingerprint density at radius 2 is 2.00 bits per heavy atom. The Bertz CT molecular complexity index is 425. The Kier molecular flexibility index (Phi) is 1.55. The molecule has 5 nitrogen and oxygen atoms in total. The molecule has 0 bridgehead atoms. The lowest BCUT2D eigenvalue weighted by atomic mass is 9.96. The second-order valence-corrected chi connectivity index (χ2v) is 3.93. The first kappa shape index (κ1) is 8.10. The van der Waals surface area contributed by atoms with Gasteiger partial charge < -0.3 is 0 Å². The first-order valence-corrected chi connectivity index (χ1v) is 4.10. The Balaban J connectivity index is 2.61. The average molecular weight is 177 g/mol. The lowest BCUT2D eigenvalue weighted by Crippen LogP contribution is -2.16. The van der Waals surface area contributed by atoms with E-state index in [0.717, 1.165) is 5.82 Å². The number of rotatable bonds is 0. The van der Waals surface area contributed by atoms with E-state index < -0.39 is 0 Å². The lowest BCUT2D eigenvalue weighted by Gasteiger charge is -2.14. The van der Waals surface area contributed by atoms with E-state index in [4.69, 9.17) is 0 Å². The molecule has 0 aliphatic carbocycles. The van der Waals surface area contributed by atoms with Gasteiger partial charge in [0.2, 0.25) is 0 Å². The van der Waals surface area contributed by atoms with Gasteiger partial charge in [0.25, 0.3) is 5.78 Å². The third kappa shape index (κ3) is 1.37. The van der Waals surface area contributed by atoms with Crippen molar-refractivity contribution in [2.75, 3.05) is 0 Å². The molecule has 2 rings (SSSR count). The second kappa shape index (κ2) is 2.48. The molecule has 0 spiro atoms. The van der Waals surface area contributed by atoms with Gasteiger partial charge in [-0.3, -0.25) is 0 Å². The summed E-state index contributed by atoms with van der Waals surface area (Å²) < 4.78 is 1.55. The van der Waals surface area contributed by atoms with Gasteiger partial charge in [0.15, 0.2) is 0 Å². The van der Waals surface area contributed by atoms with Crippen LogP contribution in [0.25, 0.3) is 5.78 Å². The van der Waals surface area contributed by atoms with Crippen LogP contribution in [0.3, 0.4) is 0 Å². The van der Waals surface area contributed by atoms with Gasteiger partial charge in [-0.05, 0) is 0 Å². The molecular formula is C8H11N5. The standard InChI is InChI=1S/C8H11N5/c1-8(2,3)6-10-5-13-7(12-6)9-4-11-13/h4-5H,1-3H3. The first-order chi connectivity index (χ1) is 6.07. The maximum Gasteiger partial charge on any atom is 0.255 e. The summed E-state index contributed by atoms with van der Waals surface area (Å²) in [5.41, 5.74) is -0.0479. The van der Waals surface area contributed by atoms with E-state index >= 15 is 0 Å². The van der Waals surface area contributed by atoms with E-state index in [1.54, 1.807) is 10.8 Å². The van der Waals surface area contributed by atoms with Crippen molar-refractivity contribution in [1.82, 2.24) is 24.6 Å². The van der Waals surface area contributed by atoms with Crippen molar-refractivity contribution in [2.45, 2.75) is 26.2 Å². The molecule has 0 atom stereocenters. The van der Waals surface area contributed by atoms with E-state index in [1.807, 2.05) is 0 Å². The summed E-state index contributed by atoms with van der Waals surface area (Å²) in [5.74, 6) is 1.38. The molecule has 0 radical (unpaired) electrons. The fourth-order valence-corrected chi connectivity index (χ4v) is 1.000. The van der Waals surface area contributed by atoms with Crippen LogP contribution >= 0.6 is 0 Å². The van der Waals surface area contributed by atoms with Crippen LogP contribution < -0.4 is 0 Å². The monoisotopic (exact) mass is 177 g/mol. The molecule has 0 aliphatic rings. The highest BCUT2D eigenvalue weighted by Gasteiger charge is 2.17. The highest BCUT2D eigenvalue weighted by Crippen LogP contribution is 2.16. The van der Waals surface area contributed by atoms with Crippen molar-refractivity contribution < 1.29 is 0 Å². The summed E-state index contributed by atoms with van der Waals surface area (Å²) in [4.78, 5) is 12.5. The zero-order valence-electron chi connectivity index (χ0n) is 7.89. The number of hydrogen-bond donors (Lipinski definition) is 0. The van der Waals surface area contributed by atoms with Gasteiger partial charge in [-0.25, -0.2) is 4.98 Å². The predicted molar refractivity (Wildman–Crippen MR) is 47.3 cm³/mol. The van der Waals surface area contributed by atoms with Crippen LogP contribution in [0.1, 0.15) is 26.6 Å². The molecule has 0 unspecified atom stereocenters. The average Bonchev–Trinajstić information content (AvgIpc) is 2.47. The van der Waals surface area contributed by atoms with Gasteiger partial charge in [0.1, 0.15) is 18.5 Å². The minimum absolute atomic E-state index is 0.0479. The Morgan fingerprint density at radius 3 is 2.69 bits per heavy atom. The van der Waals surface area contributed by atoms with Crippen molar-refractivity contribution in [1.29, 1.82) is 0 Å². The Morgan fingerprint density at radius 1 is 1.23 bits per heavy atom. The maximum absolute atomic E-state index is 4.28. The molecule has 2 heterocycles. The molecule has 0 amide bonds. The topological polar surface area (TPSA) is 56.0 Å². The summed E-state index contributed by atoms with van der Waals surface area (Å²) >= 11 is 0. The van der Waals surface area contributed by atoms with Crippen molar-refractivity contribution in [2.24, 2.45) is 0 Å². The van der Waals surface area contributed by atoms with E-state index in [2.05, 4.69) is 40.8 Å². The maximum atomic E-state index is 4.28. The molecular weight excluding hydrogens is 166 g/mol. The van der Waals surface area contributed by atoms with Crippen molar-refractivity contribution >= 4 is 5.78 Å². The smallest absolute Gasteiger partial charge is 0.221 e. The molecule has 0 aromatic carbocycles. The molecule has 5 heteroatoms. The van der Waals surface area contributed by atoms with Crippen LogP contribution in [-0.4, -0.2) is 24.6 Å². The largest absolute Gasteiger partial charge is 0.255 e. The van der Waals surface area contributed by atoms with E-state index in [1.165, 1.54) is 6.33 Å². The molecule has 0 fully saturated rings. The molecule has 0 saturated carbocycles. The molecule has 68 valence electrons. The minimum Gasteiger partial charge on any atom is -0.221 e. The third-order valence-electron chi connectivity index (χ3n) is 1.72. The Labute approximate surface area is 75.9 Å². The highest BCUT2D eigenvalue weighted by atomic mass is 15.3. The van der Waals surface area contributed by atoms with Crippen molar-refractivity contribution in [3.8, 4) is 0 Å². The quantitative estimate of drug-likeness (QED) is 0.597. The van der Waals surface area contributed by atoms with Gasteiger partial charge in [0, 0.05) is 5.41 Å². The number of fused-ring (bicyclic) bond motifs is 1. The molecule has 2 aromatic heterocycles. The molecule has 2 aromatic rings. The van der Waals surface area contributed by atoms with Gasteiger partial charge >= 0.3 is 0 Å². The summed E-state index contributed by atoms with van der Waals surface area (Å²) in [6, 6.07) is 0. The number of nitrogens with zero attached hydrogens (tertiary/aromatic N) is 5. The fourth-order valence-electron chi connectivity index (χ4n) is 1.000. The predicted octanol–water partition coefficient (Wildman–Crippen LogP) is 0.817. The minimum atomic E-state index is -0.0479. The van der Waals surface area contributed by atoms with Crippen molar-refractivity contribution in [3.05, 3.63) is 18.5 Å². The Hall–Kier alpha value is -1.52. The lowest BCUT2D eigenvalue weighted by molar-refractivity contribution is 0.541. The van der Waals surface area contributed by atoms with Crippen LogP contribution in [0.5, 0.6) is 0 Å². The van der Waals surface area contributed by atoms with Gasteiger partial charge in [0.05, 0.1) is 0 Å². The van der Waals surface area contributed by atoms with Gasteiger partial charge in [-0.15, -0.1) is 0 Å². The van der Waals surface area contributed by atoms with Gasteiger partial charge in [-0.1, -0.05) is 20.8 Å². The van der Waals surface area contributed by atoms with Crippen LogP contribution in [-0.2, 0) is 5.41 Å². The number of aromatic nitrogens is 5. The third-order valence-corrected chi connectivity index (χ3v) is 1.72. The normalized spacial score (nSPS) is 12.2. The summed E-state index contributed by atoms with van der Waals surface area (Å²) in [7, 11) is 0. The highest BCUT2D eigenvalue weighted by molar-refractivity contribution is 5.24. The van der Waals surface area contributed by atoms with Crippen LogP contribution in [0, 0.1) is 0 Å². The van der Waals surface area contributed by atoms with E-state index in [-0.39, 0.29) is 5.41 Å². The summed E-state index contributed by atoms with van der Waals surface area (Å²) in [6.07, 6.45) is 3.10. The zero-order chi connectivity index (χ0) is 9.47. The first-order valence-electron chi connectivity index (χ1n) is 4.10. The summed E-state index contributed by atoms with van der Waals surface area (Å²) in [5, 5.41) is 3.92. The van der Waals surface area contributed by atoms with Crippen LogP contribution in [0.2, 0.25) is 0 Å². The van der Waals surface area contributed by atoms with Crippen molar-refractivity contribution in [3.63, 3.8) is 0 Å². The summed E-state index contributed by atoms with van der Waals surface area (Å²) in [6.45, 7) is 6.19. The van der Waals surface area contributed by atoms with Crippen LogP contribution in [0.15, 0.2) is 12.7 Å². The van der Waals surface area contributed by atoms with Gasteiger partial charge in [-0.2, -0.15) is 19.6 Å². The van der Waals surface area contributed by atoms with E-state index in [0.29, 0.717) is 5.78 Å². The molecule has 0 saturated heterocycles. The van der Waals surface area contributed by atoms with E-state index in [9.17, 15) is 0 Å². The molecule has 0 aliphatic heterocycles. The number of hydrogen-bond acceptors (Lipinski definition) is 4. The second-order valence-electron chi connectivity index (χ2n) is 3.93. The SMILES string of the molecule is CC(C)(C)c1ncn2ncnc2n1.